The standard InChI is InChI=1S/C26H31N5O2/c1-30-15-21(14-27-30)19-5-6-23(25(13-19)33-16-32-2)24-12-20-7-8-31(26(20)29-28-24)22-10-17-3-4-18(9-17)11-22/h5-6,12-15,17-18,22H,3-4,7-11,16H2,1-2H3/t17-,18?,22+/m0/s1. The number of aryl methyl sites for hydroxylation is 1. The average molecular weight is 446 g/mol. The summed E-state index contributed by atoms with van der Waals surface area (Å²) in [6, 6.07) is 9.03. The number of rotatable bonds is 6. The lowest BCUT2D eigenvalue weighted by molar-refractivity contribution is 0.0515. The van der Waals surface area contributed by atoms with Gasteiger partial charge in [0.2, 0.25) is 0 Å². The Morgan fingerprint density at radius 3 is 2.64 bits per heavy atom. The van der Waals surface area contributed by atoms with Gasteiger partial charge < -0.3 is 14.4 Å². The van der Waals surface area contributed by atoms with Gasteiger partial charge in [0.25, 0.3) is 0 Å². The van der Waals surface area contributed by atoms with Crippen LogP contribution in [0.5, 0.6) is 5.75 Å². The van der Waals surface area contributed by atoms with Gasteiger partial charge >= 0.3 is 0 Å². The number of nitrogens with zero attached hydrogens (tertiary/aromatic N) is 5. The van der Waals surface area contributed by atoms with Crippen molar-refractivity contribution >= 4 is 5.82 Å². The van der Waals surface area contributed by atoms with Crippen molar-refractivity contribution < 1.29 is 9.47 Å². The summed E-state index contributed by atoms with van der Waals surface area (Å²) in [5, 5.41) is 13.7. The molecule has 2 saturated carbocycles. The van der Waals surface area contributed by atoms with Crippen LogP contribution in [0.15, 0.2) is 36.7 Å². The molecular formula is C26H31N5O2. The quantitative estimate of drug-likeness (QED) is 0.522. The highest BCUT2D eigenvalue weighted by Crippen LogP contribution is 2.45. The smallest absolute Gasteiger partial charge is 0.188 e. The Kier molecular flexibility index (Phi) is 5.29. The van der Waals surface area contributed by atoms with Gasteiger partial charge in [-0.15, -0.1) is 10.2 Å². The van der Waals surface area contributed by atoms with E-state index >= 15 is 0 Å². The molecule has 0 radical (unpaired) electrons. The predicted molar refractivity (Wildman–Crippen MR) is 127 cm³/mol. The Morgan fingerprint density at radius 2 is 1.88 bits per heavy atom. The summed E-state index contributed by atoms with van der Waals surface area (Å²) in [5.74, 6) is 3.68. The van der Waals surface area contributed by atoms with E-state index in [1.165, 1.54) is 37.7 Å². The van der Waals surface area contributed by atoms with Crippen LogP contribution in [-0.4, -0.2) is 46.5 Å². The van der Waals surface area contributed by atoms with Gasteiger partial charge in [0.1, 0.15) is 5.75 Å². The number of benzene rings is 1. The topological polar surface area (TPSA) is 65.3 Å². The minimum Gasteiger partial charge on any atom is -0.467 e. The molecule has 1 aliphatic heterocycles. The van der Waals surface area contributed by atoms with Gasteiger partial charge in [0, 0.05) is 49.6 Å². The zero-order valence-corrected chi connectivity index (χ0v) is 19.4. The van der Waals surface area contributed by atoms with E-state index in [4.69, 9.17) is 14.6 Å². The van der Waals surface area contributed by atoms with Crippen molar-refractivity contribution in [3.05, 3.63) is 42.2 Å². The van der Waals surface area contributed by atoms with Gasteiger partial charge in [0.15, 0.2) is 12.6 Å². The van der Waals surface area contributed by atoms with Crippen molar-refractivity contribution in [1.82, 2.24) is 20.0 Å². The number of anilines is 1. The first-order valence-corrected chi connectivity index (χ1v) is 12.1. The van der Waals surface area contributed by atoms with Crippen LogP contribution in [0, 0.1) is 11.8 Å². The van der Waals surface area contributed by atoms with E-state index in [9.17, 15) is 0 Å². The molecule has 2 fully saturated rings. The fourth-order valence-corrected chi connectivity index (χ4v) is 6.14. The predicted octanol–water partition coefficient (Wildman–Crippen LogP) is 4.47. The van der Waals surface area contributed by atoms with Crippen molar-refractivity contribution in [3.63, 3.8) is 0 Å². The van der Waals surface area contributed by atoms with E-state index in [2.05, 4.69) is 33.3 Å². The molecule has 0 amide bonds. The van der Waals surface area contributed by atoms with E-state index in [1.54, 1.807) is 11.8 Å². The van der Waals surface area contributed by atoms with Gasteiger partial charge in [-0.3, -0.25) is 4.68 Å². The van der Waals surface area contributed by atoms with E-state index in [1.807, 2.05) is 25.5 Å². The van der Waals surface area contributed by atoms with Crippen LogP contribution in [0.2, 0.25) is 0 Å². The van der Waals surface area contributed by atoms with Gasteiger partial charge in [-0.25, -0.2) is 0 Å². The number of hydrogen-bond donors (Lipinski definition) is 0. The second kappa shape index (κ2) is 8.45. The third-order valence-electron chi connectivity index (χ3n) is 7.67. The zero-order chi connectivity index (χ0) is 22.4. The van der Waals surface area contributed by atoms with Crippen LogP contribution in [0.4, 0.5) is 5.82 Å². The molecule has 7 heteroatoms. The van der Waals surface area contributed by atoms with Crippen molar-refractivity contribution in [1.29, 1.82) is 0 Å². The SMILES string of the molecule is COCOc1cc(-c2cnn(C)c2)ccc1-c1cc2c(nn1)N([C@H]1CC3CC[C@@H](C3)C1)CC2. The van der Waals surface area contributed by atoms with Crippen molar-refractivity contribution in [3.8, 4) is 28.1 Å². The molecule has 1 aromatic carbocycles. The summed E-state index contributed by atoms with van der Waals surface area (Å²) in [6.45, 7) is 1.24. The van der Waals surface area contributed by atoms with Crippen molar-refractivity contribution in [2.45, 2.75) is 44.6 Å². The summed E-state index contributed by atoms with van der Waals surface area (Å²) in [4.78, 5) is 2.55. The van der Waals surface area contributed by atoms with E-state index in [0.717, 1.165) is 58.8 Å². The molecule has 6 rings (SSSR count). The summed E-state index contributed by atoms with van der Waals surface area (Å²) in [7, 11) is 3.55. The van der Waals surface area contributed by atoms with Crippen LogP contribution >= 0.6 is 0 Å². The Morgan fingerprint density at radius 1 is 1.03 bits per heavy atom. The second-order valence-electron chi connectivity index (χ2n) is 9.86. The Labute approximate surface area is 194 Å². The molecular weight excluding hydrogens is 414 g/mol. The molecule has 2 aromatic heterocycles. The van der Waals surface area contributed by atoms with Crippen LogP contribution in [-0.2, 0) is 18.2 Å². The monoisotopic (exact) mass is 445 g/mol. The highest BCUT2D eigenvalue weighted by molar-refractivity contribution is 5.75. The average Bonchev–Trinajstić information content (AvgIpc) is 3.55. The lowest BCUT2D eigenvalue weighted by Crippen LogP contribution is -2.38. The summed E-state index contributed by atoms with van der Waals surface area (Å²) in [5.41, 5.74) is 5.17. The minimum absolute atomic E-state index is 0.180. The van der Waals surface area contributed by atoms with Crippen LogP contribution < -0.4 is 9.64 Å². The number of hydrogen-bond acceptors (Lipinski definition) is 6. The third kappa shape index (κ3) is 3.88. The largest absolute Gasteiger partial charge is 0.467 e. The van der Waals surface area contributed by atoms with E-state index in [0.29, 0.717) is 6.04 Å². The third-order valence-corrected chi connectivity index (χ3v) is 7.67. The van der Waals surface area contributed by atoms with Crippen LogP contribution in [0.1, 0.15) is 37.7 Å². The molecule has 3 aromatic rings. The zero-order valence-electron chi connectivity index (χ0n) is 19.4. The molecule has 3 aliphatic rings. The molecule has 172 valence electrons. The fraction of sp³-hybridized carbons (Fsp3) is 0.500. The Balaban J connectivity index is 1.30. The highest BCUT2D eigenvalue weighted by Gasteiger charge is 2.39. The molecule has 0 N–H and O–H groups in total. The summed E-state index contributed by atoms with van der Waals surface area (Å²) in [6.07, 6.45) is 11.8. The first-order chi connectivity index (χ1) is 16.2. The van der Waals surface area contributed by atoms with Crippen LogP contribution in [0.3, 0.4) is 0 Å². The molecule has 3 heterocycles. The highest BCUT2D eigenvalue weighted by atomic mass is 16.7. The fourth-order valence-electron chi connectivity index (χ4n) is 6.14. The second-order valence-corrected chi connectivity index (χ2v) is 9.86. The first kappa shape index (κ1) is 20.7. The Hall–Kier alpha value is -2.93. The first-order valence-electron chi connectivity index (χ1n) is 12.1. The number of ether oxygens (including phenoxy) is 2. The lowest BCUT2D eigenvalue weighted by Gasteiger charge is -2.35. The van der Waals surface area contributed by atoms with Crippen molar-refractivity contribution in [2.75, 3.05) is 25.3 Å². The summed E-state index contributed by atoms with van der Waals surface area (Å²) < 4.78 is 12.9. The summed E-state index contributed by atoms with van der Waals surface area (Å²) >= 11 is 0. The maximum absolute atomic E-state index is 5.95. The van der Waals surface area contributed by atoms with Crippen LogP contribution in [0.25, 0.3) is 22.4 Å². The number of aromatic nitrogens is 4. The molecule has 0 saturated heterocycles. The van der Waals surface area contributed by atoms with Gasteiger partial charge in [-0.05, 0) is 61.3 Å². The van der Waals surface area contributed by atoms with Crippen molar-refractivity contribution in [2.24, 2.45) is 18.9 Å². The maximum Gasteiger partial charge on any atom is 0.188 e. The molecule has 2 bridgehead atoms. The van der Waals surface area contributed by atoms with E-state index < -0.39 is 0 Å². The molecule has 2 aliphatic carbocycles. The molecule has 3 atom stereocenters. The molecule has 7 nitrogen and oxygen atoms in total. The lowest BCUT2D eigenvalue weighted by atomic mass is 9.85. The number of fused-ring (bicyclic) bond motifs is 3. The number of methoxy groups -OCH3 is 1. The van der Waals surface area contributed by atoms with E-state index in [-0.39, 0.29) is 6.79 Å². The molecule has 1 unspecified atom stereocenters. The molecule has 0 spiro atoms. The van der Waals surface area contributed by atoms with Gasteiger partial charge in [-0.1, -0.05) is 18.9 Å². The van der Waals surface area contributed by atoms with Gasteiger partial charge in [0.05, 0.1) is 11.9 Å². The minimum atomic E-state index is 0.180. The Bertz CT molecular complexity index is 1150. The molecule has 33 heavy (non-hydrogen) atoms. The maximum atomic E-state index is 5.95. The normalized spacial score (nSPS) is 23.7. The van der Waals surface area contributed by atoms with Gasteiger partial charge in [-0.2, -0.15) is 5.10 Å².